The molecule has 0 saturated carbocycles. The molecule has 9 heteroatoms. The van der Waals surface area contributed by atoms with E-state index in [2.05, 4.69) is 15.2 Å². The van der Waals surface area contributed by atoms with Gasteiger partial charge in [-0.25, -0.2) is 9.67 Å². The van der Waals surface area contributed by atoms with Crippen LogP contribution in [0.15, 0.2) is 48.5 Å². The Balaban J connectivity index is 1.83. The number of nitrogens with zero attached hydrogens (tertiary/aromatic N) is 5. The van der Waals surface area contributed by atoms with Crippen molar-refractivity contribution >= 4 is 22.8 Å². The van der Waals surface area contributed by atoms with Crippen LogP contribution in [0.2, 0.25) is 0 Å². The van der Waals surface area contributed by atoms with E-state index in [1.54, 1.807) is 18.9 Å². The van der Waals surface area contributed by atoms with E-state index in [-0.39, 0.29) is 0 Å². The maximum Gasteiger partial charge on any atom is 0.225 e. The van der Waals surface area contributed by atoms with Crippen molar-refractivity contribution in [3.05, 3.63) is 54.1 Å². The Labute approximate surface area is 193 Å². The first-order valence-corrected chi connectivity index (χ1v) is 10.7. The second-order valence-electron chi connectivity index (χ2n) is 7.92. The zero-order chi connectivity index (χ0) is 23.4. The first-order chi connectivity index (χ1) is 16.0. The van der Waals surface area contributed by atoms with E-state index in [1.807, 2.05) is 62.6 Å². The molecule has 0 saturated heterocycles. The Kier molecular flexibility index (Phi) is 6.60. The number of rotatable bonds is 9. The highest BCUT2D eigenvalue weighted by Crippen LogP contribution is 2.36. The quantitative estimate of drug-likeness (QED) is 0.403. The highest BCUT2D eigenvalue weighted by molar-refractivity contribution is 5.99. The first-order valence-electron chi connectivity index (χ1n) is 10.7. The Morgan fingerprint density at radius 3 is 2.45 bits per heavy atom. The minimum atomic E-state index is 0.499. The van der Waals surface area contributed by atoms with Crippen molar-refractivity contribution in [2.75, 3.05) is 52.5 Å². The fraction of sp³-hybridized carbons (Fsp3) is 0.292. The van der Waals surface area contributed by atoms with Gasteiger partial charge in [-0.15, -0.1) is 5.10 Å². The topological polar surface area (TPSA) is 103 Å². The van der Waals surface area contributed by atoms with Gasteiger partial charge in [0.05, 0.1) is 31.8 Å². The fourth-order valence-corrected chi connectivity index (χ4v) is 3.59. The van der Waals surface area contributed by atoms with Gasteiger partial charge in [0.25, 0.3) is 0 Å². The minimum Gasteiger partial charge on any atom is -0.493 e. The van der Waals surface area contributed by atoms with Crippen LogP contribution in [-0.2, 0) is 6.54 Å². The standard InChI is InChI=1S/C24H29N7O2/c1-30(2)13-12-26-24-27-21(17-10-11-18(32-3)19(14-17)33-4)20-22(25)31(29-23(20)28-24)15-16-8-6-5-7-9-16/h5-11,14H,12-13,15,25H2,1-4H3,(H,26,28,29). The number of anilines is 2. The predicted molar refractivity (Wildman–Crippen MR) is 131 cm³/mol. The van der Waals surface area contributed by atoms with Crippen molar-refractivity contribution in [2.45, 2.75) is 6.54 Å². The number of ether oxygens (including phenoxy) is 2. The molecule has 0 unspecified atom stereocenters. The van der Waals surface area contributed by atoms with Crippen LogP contribution in [0, 0.1) is 0 Å². The summed E-state index contributed by atoms with van der Waals surface area (Å²) in [6, 6.07) is 15.7. The summed E-state index contributed by atoms with van der Waals surface area (Å²) in [6.07, 6.45) is 0. The molecule has 2 aromatic heterocycles. The molecule has 2 heterocycles. The van der Waals surface area contributed by atoms with E-state index in [1.165, 1.54) is 0 Å². The van der Waals surface area contributed by atoms with Gasteiger partial charge in [0.2, 0.25) is 5.95 Å². The van der Waals surface area contributed by atoms with Crippen LogP contribution in [0.4, 0.5) is 11.8 Å². The number of fused-ring (bicyclic) bond motifs is 1. The molecule has 4 rings (SSSR count). The van der Waals surface area contributed by atoms with Gasteiger partial charge in [0.15, 0.2) is 17.1 Å². The molecule has 0 aliphatic heterocycles. The fourth-order valence-electron chi connectivity index (χ4n) is 3.59. The molecular weight excluding hydrogens is 418 g/mol. The van der Waals surface area contributed by atoms with Gasteiger partial charge in [-0.05, 0) is 37.9 Å². The smallest absolute Gasteiger partial charge is 0.225 e. The van der Waals surface area contributed by atoms with Crippen LogP contribution in [-0.4, -0.2) is 66.1 Å². The molecule has 0 atom stereocenters. The Morgan fingerprint density at radius 2 is 1.76 bits per heavy atom. The van der Waals surface area contributed by atoms with Gasteiger partial charge in [0, 0.05) is 18.7 Å². The molecule has 0 fully saturated rings. The van der Waals surface area contributed by atoms with Crippen molar-refractivity contribution in [3.8, 4) is 22.8 Å². The third-order valence-electron chi connectivity index (χ3n) is 5.31. The zero-order valence-electron chi connectivity index (χ0n) is 19.4. The van der Waals surface area contributed by atoms with Crippen LogP contribution in [0.1, 0.15) is 5.56 Å². The second kappa shape index (κ2) is 9.74. The number of benzene rings is 2. The Morgan fingerprint density at radius 1 is 1.00 bits per heavy atom. The zero-order valence-corrected chi connectivity index (χ0v) is 19.4. The molecule has 172 valence electrons. The number of likely N-dealkylation sites (N-methyl/N-ethyl adjacent to an activating group) is 1. The number of nitrogen functional groups attached to an aromatic ring is 1. The van der Waals surface area contributed by atoms with E-state index >= 15 is 0 Å². The summed E-state index contributed by atoms with van der Waals surface area (Å²) >= 11 is 0. The lowest BCUT2D eigenvalue weighted by molar-refractivity contribution is 0.355. The first kappa shape index (κ1) is 22.3. The number of methoxy groups -OCH3 is 2. The maximum absolute atomic E-state index is 6.58. The van der Waals surface area contributed by atoms with E-state index in [9.17, 15) is 0 Å². The molecule has 0 amide bonds. The molecule has 0 aliphatic carbocycles. The summed E-state index contributed by atoms with van der Waals surface area (Å²) in [5, 5.41) is 8.71. The SMILES string of the molecule is COc1ccc(-c2nc(NCCN(C)C)nc3nn(Cc4ccccc4)c(N)c23)cc1OC. The summed E-state index contributed by atoms with van der Waals surface area (Å²) in [7, 11) is 7.26. The molecule has 0 aliphatic rings. The third-order valence-corrected chi connectivity index (χ3v) is 5.31. The van der Waals surface area contributed by atoms with Crippen molar-refractivity contribution < 1.29 is 9.47 Å². The van der Waals surface area contributed by atoms with Crippen LogP contribution in [0.25, 0.3) is 22.3 Å². The molecule has 0 bridgehead atoms. The van der Waals surface area contributed by atoms with Gasteiger partial charge in [0.1, 0.15) is 5.82 Å². The number of nitrogens with one attached hydrogen (secondary N) is 1. The normalized spacial score (nSPS) is 11.2. The van der Waals surface area contributed by atoms with Crippen LogP contribution < -0.4 is 20.5 Å². The Hall–Kier alpha value is -3.85. The van der Waals surface area contributed by atoms with Crippen LogP contribution >= 0.6 is 0 Å². The lowest BCUT2D eigenvalue weighted by Crippen LogP contribution is -2.21. The lowest BCUT2D eigenvalue weighted by atomic mass is 10.1. The average molecular weight is 448 g/mol. The van der Waals surface area contributed by atoms with Crippen molar-refractivity contribution in [1.82, 2.24) is 24.6 Å². The molecule has 0 spiro atoms. The van der Waals surface area contributed by atoms with Gasteiger partial charge < -0.3 is 25.4 Å². The molecule has 0 radical (unpaired) electrons. The van der Waals surface area contributed by atoms with Gasteiger partial charge in [-0.3, -0.25) is 0 Å². The largest absolute Gasteiger partial charge is 0.493 e. The number of hydrogen-bond donors (Lipinski definition) is 2. The van der Waals surface area contributed by atoms with Crippen molar-refractivity contribution in [3.63, 3.8) is 0 Å². The van der Waals surface area contributed by atoms with Crippen LogP contribution in [0.5, 0.6) is 11.5 Å². The van der Waals surface area contributed by atoms with Crippen molar-refractivity contribution in [2.24, 2.45) is 0 Å². The average Bonchev–Trinajstić information content (AvgIpc) is 3.13. The molecule has 9 nitrogen and oxygen atoms in total. The highest BCUT2D eigenvalue weighted by Gasteiger charge is 2.20. The summed E-state index contributed by atoms with van der Waals surface area (Å²) in [6.45, 7) is 2.08. The molecule has 33 heavy (non-hydrogen) atoms. The molecule has 2 aromatic carbocycles. The number of aromatic nitrogens is 4. The van der Waals surface area contributed by atoms with Gasteiger partial charge in [-0.2, -0.15) is 4.98 Å². The van der Waals surface area contributed by atoms with Gasteiger partial charge in [-0.1, -0.05) is 30.3 Å². The minimum absolute atomic E-state index is 0.499. The Bertz CT molecular complexity index is 1240. The van der Waals surface area contributed by atoms with E-state index in [0.29, 0.717) is 53.1 Å². The summed E-state index contributed by atoms with van der Waals surface area (Å²) in [5.74, 6) is 2.26. The second-order valence-corrected chi connectivity index (χ2v) is 7.92. The molecular formula is C24H29N7O2. The number of nitrogens with two attached hydrogens (primary N) is 1. The summed E-state index contributed by atoms with van der Waals surface area (Å²) < 4.78 is 12.7. The van der Waals surface area contributed by atoms with Gasteiger partial charge >= 0.3 is 0 Å². The highest BCUT2D eigenvalue weighted by atomic mass is 16.5. The summed E-state index contributed by atoms with van der Waals surface area (Å²) in [4.78, 5) is 11.5. The van der Waals surface area contributed by atoms with Crippen molar-refractivity contribution in [1.29, 1.82) is 0 Å². The molecule has 3 N–H and O–H groups in total. The monoisotopic (exact) mass is 447 g/mol. The van der Waals surface area contributed by atoms with E-state index in [0.717, 1.165) is 17.7 Å². The number of hydrogen-bond acceptors (Lipinski definition) is 8. The van der Waals surface area contributed by atoms with E-state index in [4.69, 9.17) is 25.3 Å². The third kappa shape index (κ3) is 4.83. The molecule has 4 aromatic rings. The van der Waals surface area contributed by atoms with Crippen LogP contribution in [0.3, 0.4) is 0 Å². The lowest BCUT2D eigenvalue weighted by Gasteiger charge is -2.13. The predicted octanol–water partition coefficient (Wildman–Crippen LogP) is 3.11. The maximum atomic E-state index is 6.58. The summed E-state index contributed by atoms with van der Waals surface area (Å²) in [5.41, 5.74) is 9.74. The van der Waals surface area contributed by atoms with E-state index < -0.39 is 0 Å².